The van der Waals surface area contributed by atoms with Gasteiger partial charge in [-0.1, -0.05) is 22.0 Å². The van der Waals surface area contributed by atoms with Gasteiger partial charge < -0.3 is 4.74 Å². The molecule has 0 saturated carbocycles. The maximum Gasteiger partial charge on any atom is 0.387 e. The van der Waals surface area contributed by atoms with E-state index in [1.165, 1.54) is 19.1 Å². The third kappa shape index (κ3) is 3.15. The Bertz CT molecular complexity index is 398. The topological polar surface area (TPSA) is 26.3 Å². The van der Waals surface area contributed by atoms with E-state index in [1.54, 1.807) is 6.07 Å². The van der Waals surface area contributed by atoms with Crippen LogP contribution in [0.4, 0.5) is 8.78 Å². The van der Waals surface area contributed by atoms with Gasteiger partial charge in [-0.25, -0.2) is 0 Å². The smallest absolute Gasteiger partial charge is 0.387 e. The van der Waals surface area contributed by atoms with Crippen LogP contribution in [0.3, 0.4) is 0 Å². The Labute approximate surface area is 105 Å². The molecule has 0 aromatic heterocycles. The van der Waals surface area contributed by atoms with Gasteiger partial charge in [0.2, 0.25) is 0 Å². The molecule has 0 aliphatic rings. The molecule has 0 amide bonds. The van der Waals surface area contributed by atoms with E-state index in [1.807, 2.05) is 0 Å². The second kappa shape index (κ2) is 5.59. The quantitative estimate of drug-likeness (QED) is 0.788. The zero-order valence-electron chi connectivity index (χ0n) is 8.22. The third-order valence-corrected chi connectivity index (χ3v) is 3.06. The van der Waals surface area contributed by atoms with E-state index in [2.05, 4.69) is 20.7 Å². The second-order valence-corrected chi connectivity index (χ2v) is 4.29. The summed E-state index contributed by atoms with van der Waals surface area (Å²) in [6.07, 6.45) is 0. The number of hydrogen-bond donors (Lipinski definition) is 0. The van der Waals surface area contributed by atoms with Gasteiger partial charge in [0, 0.05) is 10.0 Å². The lowest BCUT2D eigenvalue weighted by atomic mass is 10.1. The molecule has 6 heteroatoms. The molecule has 0 aliphatic carbocycles. The molecule has 16 heavy (non-hydrogen) atoms. The van der Waals surface area contributed by atoms with E-state index >= 15 is 0 Å². The fourth-order valence-electron chi connectivity index (χ4n) is 1.17. The van der Waals surface area contributed by atoms with E-state index in [-0.39, 0.29) is 17.1 Å². The Morgan fingerprint density at radius 2 is 2.12 bits per heavy atom. The number of halogens is 4. The SMILES string of the molecule is CC(=O)C(Cl)c1c(Br)cccc1OC(F)F. The molecule has 88 valence electrons. The van der Waals surface area contributed by atoms with Crippen molar-refractivity contribution in [3.8, 4) is 5.75 Å². The van der Waals surface area contributed by atoms with E-state index in [9.17, 15) is 13.6 Å². The summed E-state index contributed by atoms with van der Waals surface area (Å²) in [5.74, 6) is -0.438. The molecule has 1 aromatic rings. The number of benzene rings is 1. The minimum atomic E-state index is -2.95. The first-order chi connectivity index (χ1) is 7.43. The van der Waals surface area contributed by atoms with Crippen molar-refractivity contribution >= 4 is 33.3 Å². The molecule has 1 rings (SSSR count). The van der Waals surface area contributed by atoms with Gasteiger partial charge >= 0.3 is 6.61 Å². The summed E-state index contributed by atoms with van der Waals surface area (Å²) in [6, 6.07) is 4.46. The molecular formula is C10H8BrClF2O2. The predicted octanol–water partition coefficient (Wildman–Crippen LogP) is 3.92. The molecular weight excluding hydrogens is 305 g/mol. The van der Waals surface area contributed by atoms with Crippen LogP contribution in [0.25, 0.3) is 0 Å². The molecule has 0 radical (unpaired) electrons. The maximum absolute atomic E-state index is 12.1. The first-order valence-corrected chi connectivity index (χ1v) is 5.54. The van der Waals surface area contributed by atoms with Crippen LogP contribution in [0.15, 0.2) is 22.7 Å². The molecule has 0 N–H and O–H groups in total. The molecule has 0 bridgehead atoms. The molecule has 0 aliphatic heterocycles. The number of ketones is 1. The number of carbonyl (C=O) groups excluding carboxylic acids is 1. The Balaban J connectivity index is 3.17. The normalized spacial score (nSPS) is 12.6. The molecule has 1 atom stereocenters. The average molecular weight is 314 g/mol. The van der Waals surface area contributed by atoms with Gasteiger partial charge in [-0.3, -0.25) is 4.79 Å². The van der Waals surface area contributed by atoms with Gasteiger partial charge in [-0.05, 0) is 19.1 Å². The van der Waals surface area contributed by atoms with E-state index in [0.717, 1.165) is 0 Å². The largest absolute Gasteiger partial charge is 0.434 e. The summed E-state index contributed by atoms with van der Waals surface area (Å²) < 4.78 is 29.0. The standard InChI is InChI=1S/C10H8BrClF2O2/c1-5(15)9(12)8-6(11)3-2-4-7(8)16-10(13)14/h2-4,9-10H,1H3. The van der Waals surface area contributed by atoms with Crippen molar-refractivity contribution < 1.29 is 18.3 Å². The monoisotopic (exact) mass is 312 g/mol. The van der Waals surface area contributed by atoms with Crippen LogP contribution in [-0.2, 0) is 4.79 Å². The lowest BCUT2D eigenvalue weighted by Gasteiger charge is -2.14. The van der Waals surface area contributed by atoms with E-state index in [4.69, 9.17) is 11.6 Å². The van der Waals surface area contributed by atoms with Crippen molar-refractivity contribution in [3.05, 3.63) is 28.2 Å². The third-order valence-electron chi connectivity index (χ3n) is 1.84. The van der Waals surface area contributed by atoms with Gasteiger partial charge in [0.25, 0.3) is 0 Å². The highest BCUT2D eigenvalue weighted by atomic mass is 79.9. The van der Waals surface area contributed by atoms with Crippen molar-refractivity contribution in [1.29, 1.82) is 0 Å². The van der Waals surface area contributed by atoms with Crippen molar-refractivity contribution in [3.63, 3.8) is 0 Å². The van der Waals surface area contributed by atoms with Crippen LogP contribution in [0.2, 0.25) is 0 Å². The lowest BCUT2D eigenvalue weighted by molar-refractivity contribution is -0.116. The number of hydrogen-bond acceptors (Lipinski definition) is 2. The Morgan fingerprint density at radius 1 is 1.50 bits per heavy atom. The summed E-state index contributed by atoms with van der Waals surface area (Å²) in [5.41, 5.74) is 0.219. The van der Waals surface area contributed by atoms with Crippen molar-refractivity contribution in [2.75, 3.05) is 0 Å². The van der Waals surface area contributed by atoms with Crippen LogP contribution in [0.5, 0.6) is 5.75 Å². The zero-order chi connectivity index (χ0) is 12.3. The van der Waals surface area contributed by atoms with E-state index in [0.29, 0.717) is 4.47 Å². The van der Waals surface area contributed by atoms with Gasteiger partial charge in [0.05, 0.1) is 0 Å². The molecule has 0 fully saturated rings. The molecule has 1 unspecified atom stereocenters. The molecule has 0 spiro atoms. The highest BCUT2D eigenvalue weighted by Crippen LogP contribution is 2.37. The highest BCUT2D eigenvalue weighted by Gasteiger charge is 2.22. The summed E-state index contributed by atoms with van der Waals surface area (Å²) in [4.78, 5) is 11.1. The van der Waals surface area contributed by atoms with Crippen molar-refractivity contribution in [2.24, 2.45) is 0 Å². The fourth-order valence-corrected chi connectivity index (χ4v) is 2.10. The molecule has 1 aromatic carbocycles. The first kappa shape index (κ1) is 13.4. The average Bonchev–Trinajstić information content (AvgIpc) is 2.16. The van der Waals surface area contributed by atoms with Gasteiger partial charge in [-0.15, -0.1) is 11.6 Å². The van der Waals surface area contributed by atoms with Gasteiger partial charge in [0.1, 0.15) is 11.1 Å². The number of Topliss-reactive ketones (excluding diaryl/α,β-unsaturated/α-hetero) is 1. The molecule has 0 heterocycles. The Morgan fingerprint density at radius 3 is 2.62 bits per heavy atom. The molecule has 0 saturated heterocycles. The second-order valence-electron chi connectivity index (χ2n) is 3.00. The first-order valence-electron chi connectivity index (χ1n) is 4.31. The fraction of sp³-hybridized carbons (Fsp3) is 0.300. The van der Waals surface area contributed by atoms with Crippen LogP contribution in [0, 0.1) is 0 Å². The summed E-state index contributed by atoms with van der Waals surface area (Å²) in [5, 5.41) is -1.01. The minimum absolute atomic E-state index is 0.0976. The number of rotatable bonds is 4. The lowest BCUT2D eigenvalue weighted by Crippen LogP contribution is -2.09. The van der Waals surface area contributed by atoms with Crippen LogP contribution in [-0.4, -0.2) is 12.4 Å². The van der Waals surface area contributed by atoms with Crippen LogP contribution < -0.4 is 4.74 Å². The summed E-state index contributed by atoms with van der Waals surface area (Å²) in [6.45, 7) is -1.67. The highest BCUT2D eigenvalue weighted by molar-refractivity contribution is 9.10. The van der Waals surface area contributed by atoms with E-state index < -0.39 is 12.0 Å². The van der Waals surface area contributed by atoms with Gasteiger partial charge in [0.15, 0.2) is 5.78 Å². The number of alkyl halides is 3. The van der Waals surface area contributed by atoms with Gasteiger partial charge in [-0.2, -0.15) is 8.78 Å². The zero-order valence-corrected chi connectivity index (χ0v) is 10.6. The number of carbonyl (C=O) groups is 1. The number of ether oxygens (including phenoxy) is 1. The maximum atomic E-state index is 12.1. The summed E-state index contributed by atoms with van der Waals surface area (Å²) >= 11 is 8.97. The van der Waals surface area contributed by atoms with Crippen molar-refractivity contribution in [2.45, 2.75) is 18.9 Å². The van der Waals surface area contributed by atoms with Crippen molar-refractivity contribution in [1.82, 2.24) is 0 Å². The Kier molecular flexibility index (Phi) is 4.68. The summed E-state index contributed by atoms with van der Waals surface area (Å²) in [7, 11) is 0. The predicted molar refractivity (Wildman–Crippen MR) is 60.0 cm³/mol. The molecule has 2 nitrogen and oxygen atoms in total. The minimum Gasteiger partial charge on any atom is -0.434 e. The van der Waals surface area contributed by atoms with Crippen LogP contribution >= 0.6 is 27.5 Å². The Hall–Kier alpha value is -0.680. The van der Waals surface area contributed by atoms with Crippen LogP contribution in [0.1, 0.15) is 17.9 Å².